The minimum absolute atomic E-state index is 0.481. The quantitative estimate of drug-likeness (QED) is 0.855. The van der Waals surface area contributed by atoms with Gasteiger partial charge < -0.3 is 15.2 Å². The minimum Gasteiger partial charge on any atom is -0.481 e. The second kappa shape index (κ2) is 7.64. The SMILES string of the molecule is Cc1cc(C)cc(C(NC(=O)C(C)Oc2ccccc2)C(=O)O)c1. The summed E-state index contributed by atoms with van der Waals surface area (Å²) in [4.78, 5) is 23.9. The normalized spacial score (nSPS) is 13.0. The van der Waals surface area contributed by atoms with Crippen molar-refractivity contribution in [2.45, 2.75) is 32.9 Å². The molecule has 5 nitrogen and oxygen atoms in total. The smallest absolute Gasteiger partial charge is 0.330 e. The molecule has 0 spiro atoms. The Morgan fingerprint density at radius 1 is 1.04 bits per heavy atom. The van der Waals surface area contributed by atoms with Gasteiger partial charge in [-0.2, -0.15) is 0 Å². The van der Waals surface area contributed by atoms with Gasteiger partial charge in [-0.1, -0.05) is 47.5 Å². The van der Waals surface area contributed by atoms with Crippen LogP contribution >= 0.6 is 0 Å². The molecule has 0 saturated carbocycles. The summed E-state index contributed by atoms with van der Waals surface area (Å²) < 4.78 is 5.54. The van der Waals surface area contributed by atoms with E-state index in [2.05, 4.69) is 5.32 Å². The first-order valence-corrected chi connectivity index (χ1v) is 7.70. The molecular formula is C19H21NO4. The van der Waals surface area contributed by atoms with E-state index < -0.39 is 24.0 Å². The average molecular weight is 327 g/mol. The summed E-state index contributed by atoms with van der Waals surface area (Å²) in [6, 6.07) is 13.3. The molecule has 2 atom stereocenters. The number of para-hydroxylation sites is 1. The van der Waals surface area contributed by atoms with Crippen molar-refractivity contribution in [3.8, 4) is 5.75 Å². The number of benzene rings is 2. The Bertz CT molecular complexity index is 707. The third kappa shape index (κ3) is 4.59. The van der Waals surface area contributed by atoms with Crippen molar-refractivity contribution in [2.75, 3.05) is 0 Å². The van der Waals surface area contributed by atoms with Gasteiger partial charge in [0.1, 0.15) is 5.75 Å². The van der Waals surface area contributed by atoms with Crippen LogP contribution < -0.4 is 10.1 Å². The highest BCUT2D eigenvalue weighted by Gasteiger charge is 2.25. The fourth-order valence-corrected chi connectivity index (χ4v) is 2.48. The molecule has 1 amide bonds. The van der Waals surface area contributed by atoms with Gasteiger partial charge >= 0.3 is 5.97 Å². The summed E-state index contributed by atoms with van der Waals surface area (Å²) in [5.74, 6) is -1.04. The van der Waals surface area contributed by atoms with Gasteiger partial charge in [0.05, 0.1) is 0 Å². The Morgan fingerprint density at radius 2 is 1.62 bits per heavy atom. The summed E-state index contributed by atoms with van der Waals surface area (Å²) in [7, 11) is 0. The summed E-state index contributed by atoms with van der Waals surface area (Å²) in [5, 5.41) is 12.0. The van der Waals surface area contributed by atoms with Crippen LogP contribution in [0.25, 0.3) is 0 Å². The molecule has 2 N–H and O–H groups in total. The van der Waals surface area contributed by atoms with Gasteiger partial charge in [-0.15, -0.1) is 0 Å². The van der Waals surface area contributed by atoms with Gasteiger partial charge in [0.15, 0.2) is 12.1 Å². The number of carbonyl (C=O) groups excluding carboxylic acids is 1. The van der Waals surface area contributed by atoms with Crippen LogP contribution in [0.1, 0.15) is 29.7 Å². The van der Waals surface area contributed by atoms with Crippen molar-refractivity contribution in [1.29, 1.82) is 0 Å². The lowest BCUT2D eigenvalue weighted by atomic mass is 10.0. The molecule has 24 heavy (non-hydrogen) atoms. The molecule has 0 bridgehead atoms. The van der Waals surface area contributed by atoms with Gasteiger partial charge in [0, 0.05) is 0 Å². The highest BCUT2D eigenvalue weighted by molar-refractivity contribution is 5.87. The van der Waals surface area contributed by atoms with Crippen LogP contribution in [0, 0.1) is 13.8 Å². The standard InChI is InChI=1S/C19H21NO4/c1-12-9-13(2)11-15(10-12)17(19(22)23)20-18(21)14(3)24-16-7-5-4-6-8-16/h4-11,14,17H,1-3H3,(H,20,21)(H,22,23). The average Bonchev–Trinajstić information content (AvgIpc) is 2.51. The third-order valence-electron chi connectivity index (χ3n) is 3.54. The second-order valence-corrected chi connectivity index (χ2v) is 5.77. The van der Waals surface area contributed by atoms with Crippen molar-refractivity contribution < 1.29 is 19.4 Å². The number of aliphatic carboxylic acids is 1. The predicted octanol–water partition coefficient (Wildman–Crippen LogP) is 3.01. The molecule has 0 aliphatic rings. The lowest BCUT2D eigenvalue weighted by Gasteiger charge is -2.20. The van der Waals surface area contributed by atoms with Crippen molar-refractivity contribution >= 4 is 11.9 Å². The lowest BCUT2D eigenvalue weighted by Crippen LogP contribution is -2.41. The first-order chi connectivity index (χ1) is 11.4. The maximum atomic E-state index is 12.3. The van der Waals surface area contributed by atoms with Crippen LogP contribution in [0.3, 0.4) is 0 Å². The summed E-state index contributed by atoms with van der Waals surface area (Å²) >= 11 is 0. The van der Waals surface area contributed by atoms with Crippen LogP contribution in [0.2, 0.25) is 0 Å². The number of aryl methyl sites for hydroxylation is 2. The number of carbonyl (C=O) groups is 2. The molecule has 0 aliphatic heterocycles. The Kier molecular flexibility index (Phi) is 5.58. The molecule has 0 heterocycles. The number of ether oxygens (including phenoxy) is 1. The molecule has 126 valence electrons. The van der Waals surface area contributed by atoms with Crippen LogP contribution in [-0.4, -0.2) is 23.1 Å². The monoisotopic (exact) mass is 327 g/mol. The number of carboxylic acid groups (broad SMARTS) is 1. The van der Waals surface area contributed by atoms with Gasteiger partial charge in [-0.3, -0.25) is 4.79 Å². The van der Waals surface area contributed by atoms with E-state index in [-0.39, 0.29) is 0 Å². The zero-order valence-electron chi connectivity index (χ0n) is 13.9. The zero-order valence-corrected chi connectivity index (χ0v) is 13.9. The van der Waals surface area contributed by atoms with E-state index in [9.17, 15) is 14.7 Å². The fourth-order valence-electron chi connectivity index (χ4n) is 2.48. The summed E-state index contributed by atoms with van der Waals surface area (Å²) in [5.41, 5.74) is 2.43. The Balaban J connectivity index is 2.12. The molecule has 0 radical (unpaired) electrons. The molecule has 0 saturated heterocycles. The largest absolute Gasteiger partial charge is 0.481 e. The molecule has 2 aromatic rings. The van der Waals surface area contributed by atoms with Crippen molar-refractivity contribution in [3.63, 3.8) is 0 Å². The first-order valence-electron chi connectivity index (χ1n) is 7.70. The fraction of sp³-hybridized carbons (Fsp3) is 0.263. The Hall–Kier alpha value is -2.82. The number of carboxylic acids is 1. The first kappa shape index (κ1) is 17.5. The number of amides is 1. The van der Waals surface area contributed by atoms with E-state index in [1.54, 1.807) is 43.3 Å². The molecular weight excluding hydrogens is 306 g/mol. The number of nitrogens with one attached hydrogen (secondary N) is 1. The predicted molar refractivity (Wildman–Crippen MR) is 91.0 cm³/mol. The van der Waals surface area contributed by atoms with E-state index in [0.29, 0.717) is 11.3 Å². The van der Waals surface area contributed by atoms with E-state index in [1.165, 1.54) is 0 Å². The van der Waals surface area contributed by atoms with E-state index >= 15 is 0 Å². The van der Waals surface area contributed by atoms with Crippen molar-refractivity contribution in [3.05, 3.63) is 65.2 Å². The summed E-state index contributed by atoms with van der Waals surface area (Å²) in [6.07, 6.45) is -0.805. The molecule has 0 aromatic heterocycles. The number of rotatable bonds is 6. The lowest BCUT2D eigenvalue weighted by molar-refractivity contribution is -0.143. The maximum Gasteiger partial charge on any atom is 0.330 e. The van der Waals surface area contributed by atoms with E-state index in [0.717, 1.165) is 11.1 Å². The molecule has 0 fully saturated rings. The molecule has 2 unspecified atom stereocenters. The molecule has 2 aromatic carbocycles. The third-order valence-corrected chi connectivity index (χ3v) is 3.54. The number of hydrogen-bond acceptors (Lipinski definition) is 3. The van der Waals surface area contributed by atoms with E-state index in [1.807, 2.05) is 26.0 Å². The molecule has 5 heteroatoms. The van der Waals surface area contributed by atoms with Gasteiger partial charge in [-0.05, 0) is 38.5 Å². The van der Waals surface area contributed by atoms with Crippen LogP contribution in [0.5, 0.6) is 5.75 Å². The highest BCUT2D eigenvalue weighted by atomic mass is 16.5. The zero-order chi connectivity index (χ0) is 17.7. The van der Waals surface area contributed by atoms with Crippen LogP contribution in [-0.2, 0) is 9.59 Å². The van der Waals surface area contributed by atoms with E-state index in [4.69, 9.17) is 4.74 Å². The second-order valence-electron chi connectivity index (χ2n) is 5.77. The Labute approximate surface area is 141 Å². The minimum atomic E-state index is -1.11. The van der Waals surface area contributed by atoms with Crippen LogP contribution in [0.15, 0.2) is 48.5 Å². The van der Waals surface area contributed by atoms with Crippen molar-refractivity contribution in [2.24, 2.45) is 0 Å². The highest BCUT2D eigenvalue weighted by Crippen LogP contribution is 2.18. The van der Waals surface area contributed by atoms with Gasteiger partial charge in [0.25, 0.3) is 5.91 Å². The molecule has 2 rings (SSSR count). The van der Waals surface area contributed by atoms with Crippen molar-refractivity contribution in [1.82, 2.24) is 5.32 Å². The van der Waals surface area contributed by atoms with Gasteiger partial charge in [-0.25, -0.2) is 4.79 Å². The summed E-state index contributed by atoms with van der Waals surface area (Å²) in [6.45, 7) is 5.36. The maximum absolute atomic E-state index is 12.3. The Morgan fingerprint density at radius 3 is 2.17 bits per heavy atom. The molecule has 0 aliphatic carbocycles. The van der Waals surface area contributed by atoms with Crippen LogP contribution in [0.4, 0.5) is 0 Å². The number of hydrogen-bond donors (Lipinski definition) is 2. The topological polar surface area (TPSA) is 75.6 Å². The van der Waals surface area contributed by atoms with Gasteiger partial charge in [0.2, 0.25) is 0 Å².